The number of sulfonamides is 1. The summed E-state index contributed by atoms with van der Waals surface area (Å²) >= 11 is 0. The lowest BCUT2D eigenvalue weighted by Crippen LogP contribution is -2.31. The average Bonchev–Trinajstić information content (AvgIpc) is 3.20. The molecule has 2 N–H and O–H groups in total. The summed E-state index contributed by atoms with van der Waals surface area (Å²) in [6, 6.07) is 13.6. The summed E-state index contributed by atoms with van der Waals surface area (Å²) in [5.41, 5.74) is 2.31. The molecule has 0 bridgehead atoms. The largest absolute Gasteiger partial charge is 0.377 e. The van der Waals surface area contributed by atoms with Gasteiger partial charge in [0, 0.05) is 24.4 Å². The molecule has 3 rings (SSSR count). The van der Waals surface area contributed by atoms with Gasteiger partial charge in [0.05, 0.1) is 11.0 Å². The van der Waals surface area contributed by atoms with Gasteiger partial charge in [-0.3, -0.25) is 4.79 Å². The highest BCUT2D eigenvalue weighted by Gasteiger charge is 2.20. The lowest BCUT2D eigenvalue weighted by atomic mass is 9.87. The van der Waals surface area contributed by atoms with Crippen LogP contribution in [0.15, 0.2) is 53.4 Å². The maximum absolute atomic E-state index is 12.5. The van der Waals surface area contributed by atoms with E-state index in [0.717, 1.165) is 12.8 Å². The van der Waals surface area contributed by atoms with Gasteiger partial charge in [-0.2, -0.15) is 0 Å². The third-order valence-corrected chi connectivity index (χ3v) is 6.40. The Morgan fingerprint density at radius 1 is 1.07 bits per heavy atom. The van der Waals surface area contributed by atoms with Gasteiger partial charge in [-0.15, -0.1) is 0 Å². The minimum Gasteiger partial charge on any atom is -0.377 e. The summed E-state index contributed by atoms with van der Waals surface area (Å²) in [7, 11) is -3.63. The van der Waals surface area contributed by atoms with Crippen molar-refractivity contribution in [3.05, 3.63) is 59.7 Å². The molecule has 1 aliphatic rings. The highest BCUT2D eigenvalue weighted by Crippen LogP contribution is 2.23. The van der Waals surface area contributed by atoms with Crippen molar-refractivity contribution in [2.75, 3.05) is 18.5 Å². The zero-order valence-corrected chi connectivity index (χ0v) is 17.9. The number of anilines is 1. The van der Waals surface area contributed by atoms with Crippen LogP contribution in [0, 0.1) is 0 Å². The number of carbonyl (C=O) groups excluding carboxylic acids is 1. The summed E-state index contributed by atoms with van der Waals surface area (Å²) in [6.07, 6.45) is 1.74. The Kier molecular flexibility index (Phi) is 6.41. The maximum atomic E-state index is 12.5. The third-order valence-electron chi connectivity index (χ3n) is 4.96. The first-order valence-electron chi connectivity index (χ1n) is 9.78. The lowest BCUT2D eigenvalue weighted by molar-refractivity contribution is 0.102. The van der Waals surface area contributed by atoms with E-state index < -0.39 is 10.0 Å². The Labute approximate surface area is 172 Å². The monoisotopic (exact) mass is 416 g/mol. The highest BCUT2D eigenvalue weighted by molar-refractivity contribution is 7.89. The number of hydrogen-bond acceptors (Lipinski definition) is 4. The fourth-order valence-electron chi connectivity index (χ4n) is 3.13. The molecule has 1 fully saturated rings. The number of carbonyl (C=O) groups is 1. The van der Waals surface area contributed by atoms with Crippen LogP contribution in [-0.4, -0.2) is 33.6 Å². The summed E-state index contributed by atoms with van der Waals surface area (Å²) in [6.45, 7) is 7.33. The molecule has 2 aromatic carbocycles. The standard InChI is InChI=1S/C22H28N2O4S/c1-22(2,3)17-8-10-18(11-9-17)24-21(25)16-6-12-20(13-7-16)29(26,27)23-15-19-5-4-14-28-19/h6-13,19,23H,4-5,14-15H2,1-3H3,(H,24,25). The van der Waals surface area contributed by atoms with Gasteiger partial charge in [0.1, 0.15) is 0 Å². The number of benzene rings is 2. The van der Waals surface area contributed by atoms with Crippen LogP contribution in [0.1, 0.15) is 49.5 Å². The summed E-state index contributed by atoms with van der Waals surface area (Å²) in [4.78, 5) is 12.6. The van der Waals surface area contributed by atoms with Crippen molar-refractivity contribution < 1.29 is 17.9 Å². The van der Waals surface area contributed by atoms with E-state index in [4.69, 9.17) is 4.74 Å². The molecule has 0 radical (unpaired) electrons. The lowest BCUT2D eigenvalue weighted by Gasteiger charge is -2.19. The Morgan fingerprint density at radius 3 is 2.28 bits per heavy atom. The molecule has 7 heteroatoms. The topological polar surface area (TPSA) is 84.5 Å². The number of rotatable bonds is 6. The van der Waals surface area contributed by atoms with E-state index in [9.17, 15) is 13.2 Å². The van der Waals surface area contributed by atoms with Crippen molar-refractivity contribution >= 4 is 21.6 Å². The van der Waals surface area contributed by atoms with Gasteiger partial charge < -0.3 is 10.1 Å². The summed E-state index contributed by atoms with van der Waals surface area (Å²) in [5, 5.41) is 2.84. The number of ether oxygens (including phenoxy) is 1. The second-order valence-corrected chi connectivity index (χ2v) is 10.1. The van der Waals surface area contributed by atoms with E-state index in [1.165, 1.54) is 29.8 Å². The second kappa shape index (κ2) is 8.65. The minimum absolute atomic E-state index is 0.0434. The SMILES string of the molecule is CC(C)(C)c1ccc(NC(=O)c2ccc(S(=O)(=O)NCC3CCCO3)cc2)cc1. The molecule has 0 spiro atoms. The van der Waals surface area contributed by atoms with Crippen LogP contribution in [0.5, 0.6) is 0 Å². The Morgan fingerprint density at radius 2 is 1.72 bits per heavy atom. The van der Waals surface area contributed by atoms with Crippen LogP contribution >= 0.6 is 0 Å². The van der Waals surface area contributed by atoms with Gasteiger partial charge in [0.15, 0.2) is 0 Å². The van der Waals surface area contributed by atoms with Crippen molar-refractivity contribution in [2.24, 2.45) is 0 Å². The second-order valence-electron chi connectivity index (χ2n) is 8.29. The molecule has 156 valence electrons. The number of amides is 1. The molecule has 1 unspecified atom stereocenters. The van der Waals surface area contributed by atoms with Gasteiger partial charge in [-0.1, -0.05) is 32.9 Å². The predicted octanol–water partition coefficient (Wildman–Crippen LogP) is 3.69. The van der Waals surface area contributed by atoms with Gasteiger partial charge in [0.25, 0.3) is 5.91 Å². The molecule has 1 amide bonds. The van der Waals surface area contributed by atoms with Crippen LogP contribution in [-0.2, 0) is 20.2 Å². The molecule has 0 aromatic heterocycles. The van der Waals surface area contributed by atoms with Crippen molar-refractivity contribution in [2.45, 2.75) is 50.0 Å². The normalized spacial score (nSPS) is 17.3. The van der Waals surface area contributed by atoms with E-state index in [-0.39, 0.29) is 28.9 Å². The van der Waals surface area contributed by atoms with Crippen LogP contribution in [0.3, 0.4) is 0 Å². The fraction of sp³-hybridized carbons (Fsp3) is 0.409. The van der Waals surface area contributed by atoms with Gasteiger partial charge in [-0.25, -0.2) is 13.1 Å². The van der Waals surface area contributed by atoms with E-state index in [0.29, 0.717) is 17.9 Å². The van der Waals surface area contributed by atoms with E-state index in [1.54, 1.807) is 0 Å². The van der Waals surface area contributed by atoms with Crippen molar-refractivity contribution in [1.29, 1.82) is 0 Å². The molecule has 29 heavy (non-hydrogen) atoms. The molecule has 6 nitrogen and oxygen atoms in total. The molecule has 0 saturated carbocycles. The number of nitrogens with one attached hydrogen (secondary N) is 2. The smallest absolute Gasteiger partial charge is 0.255 e. The van der Waals surface area contributed by atoms with E-state index >= 15 is 0 Å². The first-order chi connectivity index (χ1) is 13.6. The molecular weight excluding hydrogens is 388 g/mol. The average molecular weight is 417 g/mol. The Hall–Kier alpha value is -2.22. The van der Waals surface area contributed by atoms with Crippen molar-refractivity contribution in [3.8, 4) is 0 Å². The molecule has 1 aliphatic heterocycles. The molecule has 1 saturated heterocycles. The van der Waals surface area contributed by atoms with Crippen LogP contribution in [0.25, 0.3) is 0 Å². The molecule has 0 aliphatic carbocycles. The maximum Gasteiger partial charge on any atom is 0.255 e. The van der Waals surface area contributed by atoms with E-state index in [1.807, 2.05) is 24.3 Å². The Bertz CT molecular complexity index is 940. The van der Waals surface area contributed by atoms with Crippen LogP contribution in [0.2, 0.25) is 0 Å². The highest BCUT2D eigenvalue weighted by atomic mass is 32.2. The molecule has 1 heterocycles. The van der Waals surface area contributed by atoms with Gasteiger partial charge >= 0.3 is 0 Å². The van der Waals surface area contributed by atoms with Crippen molar-refractivity contribution in [3.63, 3.8) is 0 Å². The predicted molar refractivity (Wildman–Crippen MR) is 114 cm³/mol. The van der Waals surface area contributed by atoms with Gasteiger partial charge in [0.2, 0.25) is 10.0 Å². The minimum atomic E-state index is -3.63. The first kappa shape index (κ1) is 21.5. The van der Waals surface area contributed by atoms with E-state index in [2.05, 4.69) is 30.8 Å². The van der Waals surface area contributed by atoms with Gasteiger partial charge in [-0.05, 0) is 60.2 Å². The zero-order valence-electron chi connectivity index (χ0n) is 17.1. The first-order valence-corrected chi connectivity index (χ1v) is 11.3. The Balaban J connectivity index is 1.62. The summed E-state index contributed by atoms with van der Waals surface area (Å²) < 4.78 is 32.8. The summed E-state index contributed by atoms with van der Waals surface area (Å²) in [5.74, 6) is -0.287. The van der Waals surface area contributed by atoms with Crippen LogP contribution < -0.4 is 10.0 Å². The molecule has 1 atom stereocenters. The van der Waals surface area contributed by atoms with Crippen LogP contribution in [0.4, 0.5) is 5.69 Å². The fourth-order valence-corrected chi connectivity index (χ4v) is 4.20. The number of hydrogen-bond donors (Lipinski definition) is 2. The van der Waals surface area contributed by atoms with Crippen molar-refractivity contribution in [1.82, 2.24) is 4.72 Å². The molecular formula is C22H28N2O4S. The molecule has 2 aromatic rings. The third kappa shape index (κ3) is 5.65. The zero-order chi connectivity index (χ0) is 21.1. The quantitative estimate of drug-likeness (QED) is 0.752.